The molecule has 1 amide bonds. The van der Waals surface area contributed by atoms with Gasteiger partial charge in [0.05, 0.1) is 17.7 Å². The molecule has 1 aromatic carbocycles. The zero-order chi connectivity index (χ0) is 20.3. The fraction of sp³-hybridized carbons (Fsp3) is 0.389. The molecule has 0 atom stereocenters. The molecule has 1 saturated heterocycles. The van der Waals surface area contributed by atoms with Crippen LogP contribution in [0.1, 0.15) is 23.3 Å². The van der Waals surface area contributed by atoms with Gasteiger partial charge in [0.1, 0.15) is 0 Å². The quantitative estimate of drug-likeness (QED) is 0.748. The Bertz CT molecular complexity index is 963. The second-order valence-electron chi connectivity index (χ2n) is 6.54. The van der Waals surface area contributed by atoms with Gasteiger partial charge in [0.2, 0.25) is 15.9 Å². The third-order valence-electron chi connectivity index (χ3n) is 4.67. The first-order chi connectivity index (χ1) is 13.3. The number of carbonyl (C=O) groups excluding carboxylic acids is 2. The molecule has 1 fully saturated rings. The highest BCUT2D eigenvalue weighted by Gasteiger charge is 2.32. The predicted molar refractivity (Wildman–Crippen MR) is 101 cm³/mol. The van der Waals surface area contributed by atoms with Crippen LogP contribution in [0.4, 0.5) is 5.69 Å². The molecule has 0 aliphatic carbocycles. The molecule has 1 aliphatic rings. The predicted octanol–water partition coefficient (Wildman–Crippen LogP) is 1.25. The Morgan fingerprint density at radius 3 is 2.43 bits per heavy atom. The third-order valence-corrected chi connectivity index (χ3v) is 6.58. The van der Waals surface area contributed by atoms with Crippen LogP contribution in [-0.4, -0.2) is 54.6 Å². The Hall–Kier alpha value is -2.72. The molecule has 1 aromatic heterocycles. The van der Waals surface area contributed by atoms with E-state index in [0.29, 0.717) is 12.8 Å². The van der Waals surface area contributed by atoms with Crippen LogP contribution in [0.5, 0.6) is 0 Å². The van der Waals surface area contributed by atoms with Crippen molar-refractivity contribution in [1.82, 2.24) is 14.1 Å². The molecule has 150 valence electrons. The van der Waals surface area contributed by atoms with Crippen LogP contribution >= 0.6 is 0 Å². The van der Waals surface area contributed by atoms with E-state index in [-0.39, 0.29) is 41.2 Å². The van der Waals surface area contributed by atoms with E-state index in [9.17, 15) is 18.0 Å². The standard InChI is InChI=1S/C18H22N4O5S/c1-21-12-15(16(20-21)18(24)27-2)19-17(23)13-8-10-22(11-9-13)28(25,26)14-6-4-3-5-7-14/h3-7,12-13H,8-11H2,1-2H3,(H,19,23). The Morgan fingerprint density at radius 1 is 1.18 bits per heavy atom. The molecule has 0 saturated carbocycles. The molecular weight excluding hydrogens is 384 g/mol. The number of nitrogens with zero attached hydrogens (tertiary/aromatic N) is 3. The molecule has 28 heavy (non-hydrogen) atoms. The number of hydrogen-bond acceptors (Lipinski definition) is 6. The molecule has 3 rings (SSSR count). The lowest BCUT2D eigenvalue weighted by atomic mass is 9.97. The summed E-state index contributed by atoms with van der Waals surface area (Å²) in [5.74, 6) is -1.26. The van der Waals surface area contributed by atoms with Crippen LogP contribution in [0.2, 0.25) is 0 Å². The molecule has 1 aliphatic heterocycles. The highest BCUT2D eigenvalue weighted by atomic mass is 32.2. The van der Waals surface area contributed by atoms with Crippen molar-refractivity contribution in [2.24, 2.45) is 13.0 Å². The number of piperidine rings is 1. The fourth-order valence-corrected chi connectivity index (χ4v) is 4.65. The highest BCUT2D eigenvalue weighted by molar-refractivity contribution is 7.89. The molecule has 0 bridgehead atoms. The Morgan fingerprint density at radius 2 is 1.82 bits per heavy atom. The summed E-state index contributed by atoms with van der Waals surface area (Å²) < 4.78 is 32.8. The van der Waals surface area contributed by atoms with Gasteiger partial charge in [-0.15, -0.1) is 0 Å². The van der Waals surface area contributed by atoms with Crippen molar-refractivity contribution in [3.63, 3.8) is 0 Å². The molecule has 0 unspecified atom stereocenters. The summed E-state index contributed by atoms with van der Waals surface area (Å²) in [5.41, 5.74) is 0.307. The van der Waals surface area contributed by atoms with Gasteiger partial charge in [-0.2, -0.15) is 9.40 Å². The molecule has 1 N–H and O–H groups in total. The van der Waals surface area contributed by atoms with Gasteiger partial charge in [-0.05, 0) is 25.0 Å². The van der Waals surface area contributed by atoms with E-state index in [1.165, 1.54) is 22.3 Å². The summed E-state index contributed by atoms with van der Waals surface area (Å²) in [4.78, 5) is 24.6. The second-order valence-corrected chi connectivity index (χ2v) is 8.48. The number of sulfonamides is 1. The lowest BCUT2D eigenvalue weighted by Crippen LogP contribution is -2.41. The van der Waals surface area contributed by atoms with Crippen LogP contribution in [0.15, 0.2) is 41.4 Å². The van der Waals surface area contributed by atoms with E-state index in [1.807, 2.05) is 0 Å². The maximum absolute atomic E-state index is 12.7. The maximum atomic E-state index is 12.7. The van der Waals surface area contributed by atoms with E-state index in [2.05, 4.69) is 15.2 Å². The number of aromatic nitrogens is 2. The minimum absolute atomic E-state index is 0.0300. The number of ether oxygens (including phenoxy) is 1. The van der Waals surface area contributed by atoms with E-state index in [1.54, 1.807) is 37.4 Å². The second kappa shape index (κ2) is 8.11. The van der Waals surface area contributed by atoms with Crippen molar-refractivity contribution < 1.29 is 22.7 Å². The summed E-state index contributed by atoms with van der Waals surface area (Å²) >= 11 is 0. The van der Waals surface area contributed by atoms with Crippen LogP contribution in [0.3, 0.4) is 0 Å². The lowest BCUT2D eigenvalue weighted by molar-refractivity contribution is -0.120. The van der Waals surface area contributed by atoms with Crippen molar-refractivity contribution in [3.05, 3.63) is 42.2 Å². The largest absolute Gasteiger partial charge is 0.464 e. The van der Waals surface area contributed by atoms with E-state index < -0.39 is 16.0 Å². The van der Waals surface area contributed by atoms with Gasteiger partial charge in [-0.1, -0.05) is 18.2 Å². The molecule has 0 spiro atoms. The molecule has 9 nitrogen and oxygen atoms in total. The number of rotatable bonds is 5. The summed E-state index contributed by atoms with van der Waals surface area (Å²) in [6, 6.07) is 8.24. The Labute approximate surface area is 163 Å². The number of carbonyl (C=O) groups is 2. The first kappa shape index (κ1) is 20.0. The van der Waals surface area contributed by atoms with Crippen LogP contribution in [-0.2, 0) is 26.6 Å². The normalized spacial score (nSPS) is 15.9. The average Bonchev–Trinajstić information content (AvgIpc) is 3.08. The number of methoxy groups -OCH3 is 1. The van der Waals surface area contributed by atoms with Crippen molar-refractivity contribution in [2.45, 2.75) is 17.7 Å². The topological polar surface area (TPSA) is 111 Å². The molecule has 0 radical (unpaired) electrons. The smallest absolute Gasteiger partial charge is 0.360 e. The number of benzene rings is 1. The molecule has 2 heterocycles. The third kappa shape index (κ3) is 4.07. The highest BCUT2D eigenvalue weighted by Crippen LogP contribution is 2.25. The minimum atomic E-state index is -3.56. The van der Waals surface area contributed by atoms with Gasteiger partial charge in [-0.25, -0.2) is 13.2 Å². The fourth-order valence-electron chi connectivity index (χ4n) is 3.16. The first-order valence-electron chi connectivity index (χ1n) is 8.81. The summed E-state index contributed by atoms with van der Waals surface area (Å²) in [6.45, 7) is 0.512. The Kier molecular flexibility index (Phi) is 5.80. The van der Waals surface area contributed by atoms with Crippen molar-refractivity contribution in [1.29, 1.82) is 0 Å². The summed E-state index contributed by atoms with van der Waals surface area (Å²) in [5, 5.41) is 6.71. The van der Waals surface area contributed by atoms with Gasteiger partial charge in [0.15, 0.2) is 5.69 Å². The number of amides is 1. The summed E-state index contributed by atoms with van der Waals surface area (Å²) in [6.07, 6.45) is 2.32. The number of nitrogens with one attached hydrogen (secondary N) is 1. The molecule has 2 aromatic rings. The Balaban J connectivity index is 1.64. The number of hydrogen-bond donors (Lipinski definition) is 1. The number of esters is 1. The molecular formula is C18H22N4O5S. The zero-order valence-corrected chi connectivity index (χ0v) is 16.5. The number of anilines is 1. The first-order valence-corrected chi connectivity index (χ1v) is 10.2. The van der Waals surface area contributed by atoms with E-state index in [4.69, 9.17) is 0 Å². The van der Waals surface area contributed by atoms with E-state index in [0.717, 1.165) is 0 Å². The van der Waals surface area contributed by atoms with Crippen LogP contribution < -0.4 is 5.32 Å². The zero-order valence-electron chi connectivity index (χ0n) is 15.7. The van der Waals surface area contributed by atoms with Crippen molar-refractivity contribution in [3.8, 4) is 0 Å². The van der Waals surface area contributed by atoms with Gasteiger partial charge >= 0.3 is 5.97 Å². The number of aryl methyl sites for hydroxylation is 1. The SMILES string of the molecule is COC(=O)c1nn(C)cc1NC(=O)C1CCN(S(=O)(=O)c2ccccc2)CC1. The van der Waals surface area contributed by atoms with Crippen LogP contribution in [0, 0.1) is 5.92 Å². The maximum Gasteiger partial charge on any atom is 0.360 e. The van der Waals surface area contributed by atoms with E-state index >= 15 is 0 Å². The van der Waals surface area contributed by atoms with Gasteiger partial charge in [0, 0.05) is 32.3 Å². The van der Waals surface area contributed by atoms with Crippen LogP contribution in [0.25, 0.3) is 0 Å². The summed E-state index contributed by atoms with van der Waals surface area (Å²) in [7, 11) is -0.685. The minimum Gasteiger partial charge on any atom is -0.464 e. The van der Waals surface area contributed by atoms with Gasteiger partial charge in [0.25, 0.3) is 0 Å². The lowest BCUT2D eigenvalue weighted by Gasteiger charge is -2.30. The van der Waals surface area contributed by atoms with Crippen molar-refractivity contribution in [2.75, 3.05) is 25.5 Å². The molecule has 10 heteroatoms. The van der Waals surface area contributed by atoms with Crippen molar-refractivity contribution >= 4 is 27.6 Å². The monoisotopic (exact) mass is 406 g/mol. The van der Waals surface area contributed by atoms with Gasteiger partial charge in [-0.3, -0.25) is 9.48 Å². The van der Waals surface area contributed by atoms with Gasteiger partial charge < -0.3 is 10.1 Å². The average molecular weight is 406 g/mol.